The molecular weight excluding hydrogens is 501 g/mol. The second-order valence-corrected chi connectivity index (χ2v) is 9.36. The van der Waals surface area contributed by atoms with Crippen molar-refractivity contribution < 1.29 is 22.8 Å². The third kappa shape index (κ3) is 4.75. The molecule has 10 heteroatoms. The molecular formula is C27H19F3N4O2S. The summed E-state index contributed by atoms with van der Waals surface area (Å²) in [6.45, 7) is 1.41. The molecule has 186 valence electrons. The number of carbonyl (C=O) groups is 2. The summed E-state index contributed by atoms with van der Waals surface area (Å²) in [5.41, 5.74) is 1.52. The van der Waals surface area contributed by atoms with Gasteiger partial charge in [-0.15, -0.1) is 11.3 Å². The highest BCUT2D eigenvalue weighted by molar-refractivity contribution is 7.21. The maximum Gasteiger partial charge on any atom is 0.417 e. The molecule has 1 N–H and O–H groups in total. The van der Waals surface area contributed by atoms with Gasteiger partial charge in [0.1, 0.15) is 0 Å². The van der Waals surface area contributed by atoms with Crippen molar-refractivity contribution in [1.29, 1.82) is 0 Å². The van der Waals surface area contributed by atoms with Crippen LogP contribution in [0.25, 0.3) is 32.6 Å². The van der Waals surface area contributed by atoms with E-state index in [4.69, 9.17) is 0 Å². The summed E-state index contributed by atoms with van der Waals surface area (Å²) in [7, 11) is 1.60. The van der Waals surface area contributed by atoms with Crippen LogP contribution in [0.15, 0.2) is 72.9 Å². The fourth-order valence-corrected chi connectivity index (χ4v) is 4.98. The highest BCUT2D eigenvalue weighted by Gasteiger charge is 2.34. The molecule has 0 saturated heterocycles. The molecule has 0 aliphatic rings. The van der Waals surface area contributed by atoms with E-state index in [0.29, 0.717) is 26.5 Å². The predicted molar refractivity (Wildman–Crippen MR) is 137 cm³/mol. The van der Waals surface area contributed by atoms with Gasteiger partial charge in [0.15, 0.2) is 10.8 Å². The Morgan fingerprint density at radius 3 is 2.38 bits per heavy atom. The van der Waals surface area contributed by atoms with Gasteiger partial charge < -0.3 is 5.32 Å². The topological polar surface area (TPSA) is 76.9 Å². The van der Waals surface area contributed by atoms with Crippen molar-refractivity contribution in [3.05, 3.63) is 89.1 Å². The molecule has 0 aliphatic carbocycles. The number of nitrogens with zero attached hydrogens (tertiary/aromatic N) is 3. The van der Waals surface area contributed by atoms with Crippen LogP contribution in [0.1, 0.15) is 32.6 Å². The molecule has 0 bridgehead atoms. The molecule has 0 aliphatic heterocycles. The molecule has 0 radical (unpaired) electrons. The van der Waals surface area contributed by atoms with Crippen LogP contribution in [0.4, 0.5) is 18.9 Å². The Balaban J connectivity index is 1.62. The first-order valence-corrected chi connectivity index (χ1v) is 12.0. The molecule has 2 aromatic heterocycles. The zero-order valence-corrected chi connectivity index (χ0v) is 20.4. The van der Waals surface area contributed by atoms with Gasteiger partial charge in [-0.3, -0.25) is 14.3 Å². The number of hydrogen-bond donors (Lipinski definition) is 1. The lowest BCUT2D eigenvalue weighted by Gasteiger charge is -2.15. The van der Waals surface area contributed by atoms with Gasteiger partial charge in [0.05, 0.1) is 27.2 Å². The van der Waals surface area contributed by atoms with E-state index in [1.807, 2.05) is 30.3 Å². The van der Waals surface area contributed by atoms with Gasteiger partial charge >= 0.3 is 6.18 Å². The van der Waals surface area contributed by atoms with Crippen molar-refractivity contribution in [3.63, 3.8) is 0 Å². The van der Waals surface area contributed by atoms with E-state index < -0.39 is 17.6 Å². The van der Waals surface area contributed by atoms with Crippen molar-refractivity contribution in [2.45, 2.75) is 13.1 Å². The Morgan fingerprint density at radius 2 is 1.73 bits per heavy atom. The number of nitrogens with one attached hydrogen (secondary N) is 1. The van der Waals surface area contributed by atoms with Gasteiger partial charge in [0.25, 0.3) is 5.91 Å². The average molecular weight is 521 g/mol. The van der Waals surface area contributed by atoms with E-state index in [9.17, 15) is 22.8 Å². The van der Waals surface area contributed by atoms with Crippen LogP contribution >= 0.6 is 11.3 Å². The molecule has 0 saturated carbocycles. The summed E-state index contributed by atoms with van der Waals surface area (Å²) >= 11 is 1.15. The summed E-state index contributed by atoms with van der Waals surface area (Å²) in [5, 5.41) is 7.27. The summed E-state index contributed by atoms with van der Waals surface area (Å²) in [6, 6.07) is 17.6. The second-order valence-electron chi connectivity index (χ2n) is 8.36. The minimum Gasteiger partial charge on any atom is -0.320 e. The smallest absolute Gasteiger partial charge is 0.320 e. The number of alkyl halides is 3. The molecule has 6 nitrogen and oxygen atoms in total. The monoisotopic (exact) mass is 520 g/mol. The van der Waals surface area contributed by atoms with Crippen molar-refractivity contribution >= 4 is 38.9 Å². The maximum atomic E-state index is 13.7. The third-order valence-electron chi connectivity index (χ3n) is 5.76. The third-order valence-corrected chi connectivity index (χ3v) is 6.95. The Labute approximate surface area is 213 Å². The van der Waals surface area contributed by atoms with Crippen LogP contribution in [0.5, 0.6) is 0 Å². The first-order valence-electron chi connectivity index (χ1n) is 11.1. The zero-order chi connectivity index (χ0) is 26.3. The molecule has 37 heavy (non-hydrogen) atoms. The van der Waals surface area contributed by atoms with E-state index in [1.165, 1.54) is 29.9 Å². The molecule has 5 rings (SSSR count). The molecule has 0 unspecified atom stereocenters. The van der Waals surface area contributed by atoms with Crippen molar-refractivity contribution in [2.24, 2.45) is 7.05 Å². The Morgan fingerprint density at radius 1 is 0.973 bits per heavy atom. The van der Waals surface area contributed by atoms with E-state index >= 15 is 0 Å². The van der Waals surface area contributed by atoms with Crippen LogP contribution < -0.4 is 5.32 Å². The number of aryl methyl sites for hydroxylation is 1. The largest absolute Gasteiger partial charge is 0.417 e. The normalized spacial score (nSPS) is 11.6. The zero-order valence-electron chi connectivity index (χ0n) is 19.6. The average Bonchev–Trinajstić information content (AvgIpc) is 3.50. The Bertz CT molecular complexity index is 1660. The van der Waals surface area contributed by atoms with E-state index in [2.05, 4.69) is 15.4 Å². The number of halogens is 3. The number of aromatic nitrogens is 3. The van der Waals surface area contributed by atoms with Crippen LogP contribution in [-0.2, 0) is 13.2 Å². The molecule has 1 amide bonds. The van der Waals surface area contributed by atoms with E-state index in [-0.39, 0.29) is 22.6 Å². The highest BCUT2D eigenvalue weighted by Crippen LogP contribution is 2.40. The SMILES string of the molecule is CC(=O)c1nc2ccc(-c3ccccc3)c(NC(=O)c3ccc(C(F)(F)F)c(-c4ccn(C)n4)c3)c2s1. The molecule has 0 atom stereocenters. The van der Waals surface area contributed by atoms with Gasteiger partial charge in [-0.1, -0.05) is 36.4 Å². The van der Waals surface area contributed by atoms with Crippen molar-refractivity contribution in [2.75, 3.05) is 5.32 Å². The minimum atomic E-state index is -4.63. The minimum absolute atomic E-state index is 0.0287. The molecule has 2 heterocycles. The van der Waals surface area contributed by atoms with Crippen LogP contribution in [0.2, 0.25) is 0 Å². The number of anilines is 1. The van der Waals surface area contributed by atoms with E-state index in [1.54, 1.807) is 19.2 Å². The summed E-state index contributed by atoms with van der Waals surface area (Å²) in [6.07, 6.45) is -3.09. The maximum absolute atomic E-state index is 13.7. The number of carbonyl (C=O) groups excluding carboxylic acids is 2. The van der Waals surface area contributed by atoms with E-state index in [0.717, 1.165) is 29.0 Å². The van der Waals surface area contributed by atoms with Gasteiger partial charge in [-0.25, -0.2) is 4.98 Å². The number of benzene rings is 3. The fourth-order valence-electron chi connectivity index (χ4n) is 4.01. The van der Waals surface area contributed by atoms with Crippen LogP contribution in [-0.4, -0.2) is 26.5 Å². The van der Waals surface area contributed by atoms with Gasteiger partial charge in [-0.05, 0) is 35.9 Å². The lowest BCUT2D eigenvalue weighted by Crippen LogP contribution is -2.15. The number of hydrogen-bond acceptors (Lipinski definition) is 5. The number of thiazole rings is 1. The molecule has 3 aromatic carbocycles. The molecule has 5 aromatic rings. The van der Waals surface area contributed by atoms with Crippen LogP contribution in [0, 0.1) is 0 Å². The van der Waals surface area contributed by atoms with Crippen molar-refractivity contribution in [1.82, 2.24) is 14.8 Å². The first kappa shape index (κ1) is 24.4. The lowest BCUT2D eigenvalue weighted by molar-refractivity contribution is -0.137. The second kappa shape index (κ2) is 9.29. The quantitative estimate of drug-likeness (QED) is 0.258. The standard InChI is InChI=1S/C27H19F3N4O2S/c1-15(35)26-31-22-11-9-18(16-6-4-3-5-7-16)23(24(22)37-26)32-25(36)17-8-10-20(27(28,29)30)19(14-17)21-12-13-34(2)33-21/h3-14H,1-2H3,(H,32,36). The van der Waals surface area contributed by atoms with Crippen LogP contribution in [0.3, 0.4) is 0 Å². The molecule has 0 spiro atoms. The number of Topliss-reactive ketones (excluding diaryl/α,β-unsaturated/α-hetero) is 1. The number of rotatable bonds is 5. The molecule has 0 fully saturated rings. The summed E-state index contributed by atoms with van der Waals surface area (Å²) in [4.78, 5) is 29.8. The highest BCUT2D eigenvalue weighted by atomic mass is 32.1. The fraction of sp³-hybridized carbons (Fsp3) is 0.111. The summed E-state index contributed by atoms with van der Waals surface area (Å²) < 4.78 is 43.2. The Kier molecular flexibility index (Phi) is 6.12. The predicted octanol–water partition coefficient (Wildman–Crippen LogP) is 6.84. The first-order chi connectivity index (χ1) is 17.6. The van der Waals surface area contributed by atoms with Gasteiger partial charge in [0.2, 0.25) is 0 Å². The van der Waals surface area contributed by atoms with Gasteiger partial charge in [-0.2, -0.15) is 18.3 Å². The number of amides is 1. The van der Waals surface area contributed by atoms with Gasteiger partial charge in [0, 0.05) is 36.9 Å². The van der Waals surface area contributed by atoms with Crippen molar-refractivity contribution in [3.8, 4) is 22.4 Å². The summed E-state index contributed by atoms with van der Waals surface area (Å²) in [5.74, 6) is -0.809. The Hall–Kier alpha value is -4.31. The number of ketones is 1. The number of fused-ring (bicyclic) bond motifs is 1. The lowest BCUT2D eigenvalue weighted by atomic mass is 9.99.